The van der Waals surface area contributed by atoms with Crippen molar-refractivity contribution in [2.45, 2.75) is 20.4 Å². The molecular formula is C17H21N3O. The molecule has 0 bridgehead atoms. The number of hydrogen-bond acceptors (Lipinski definition) is 3. The van der Waals surface area contributed by atoms with Gasteiger partial charge in [-0.15, -0.1) is 0 Å². The van der Waals surface area contributed by atoms with Gasteiger partial charge in [0.05, 0.1) is 11.4 Å². The Hall–Kier alpha value is -2.49. The fraction of sp³-hybridized carbons (Fsp3) is 0.235. The second kappa shape index (κ2) is 6.79. The molecule has 2 aromatic carbocycles. The van der Waals surface area contributed by atoms with E-state index in [2.05, 4.69) is 41.8 Å². The maximum absolute atomic E-state index is 11.8. The molecule has 0 aromatic heterocycles. The van der Waals surface area contributed by atoms with Crippen LogP contribution in [0.25, 0.3) is 0 Å². The molecule has 0 heterocycles. The van der Waals surface area contributed by atoms with Crippen molar-refractivity contribution in [2.24, 2.45) is 0 Å². The van der Waals surface area contributed by atoms with Crippen molar-refractivity contribution in [1.29, 1.82) is 0 Å². The first-order chi connectivity index (χ1) is 10.1. The van der Waals surface area contributed by atoms with Crippen molar-refractivity contribution in [3.8, 4) is 0 Å². The van der Waals surface area contributed by atoms with Crippen molar-refractivity contribution in [3.05, 3.63) is 59.2 Å². The van der Waals surface area contributed by atoms with Crippen LogP contribution in [0.2, 0.25) is 0 Å². The molecule has 0 unspecified atom stereocenters. The van der Waals surface area contributed by atoms with Crippen LogP contribution >= 0.6 is 0 Å². The number of rotatable bonds is 5. The van der Waals surface area contributed by atoms with Gasteiger partial charge in [-0.3, -0.25) is 4.79 Å². The molecular weight excluding hydrogens is 262 g/mol. The third-order valence-electron chi connectivity index (χ3n) is 3.26. The second-order valence-corrected chi connectivity index (χ2v) is 5.00. The zero-order chi connectivity index (χ0) is 15.2. The highest BCUT2D eigenvalue weighted by Crippen LogP contribution is 2.21. The summed E-state index contributed by atoms with van der Waals surface area (Å²) < 4.78 is 0. The predicted molar refractivity (Wildman–Crippen MR) is 87.4 cm³/mol. The van der Waals surface area contributed by atoms with Crippen molar-refractivity contribution >= 4 is 17.3 Å². The van der Waals surface area contributed by atoms with Crippen molar-refractivity contribution in [1.82, 2.24) is 5.32 Å². The Morgan fingerprint density at radius 2 is 1.86 bits per heavy atom. The summed E-state index contributed by atoms with van der Waals surface area (Å²) in [5.74, 6) is -0.0871. The van der Waals surface area contributed by atoms with E-state index in [9.17, 15) is 4.79 Å². The van der Waals surface area contributed by atoms with Gasteiger partial charge in [-0.1, -0.05) is 29.8 Å². The first kappa shape index (κ1) is 14.9. The molecule has 1 amide bonds. The molecule has 21 heavy (non-hydrogen) atoms. The molecule has 0 aliphatic rings. The molecule has 110 valence electrons. The highest BCUT2D eigenvalue weighted by molar-refractivity contribution is 5.96. The Morgan fingerprint density at radius 3 is 2.52 bits per heavy atom. The normalized spacial score (nSPS) is 10.2. The summed E-state index contributed by atoms with van der Waals surface area (Å²) in [6, 6.07) is 13.6. The maximum Gasteiger partial charge on any atom is 0.251 e. The van der Waals surface area contributed by atoms with E-state index in [-0.39, 0.29) is 5.91 Å². The minimum absolute atomic E-state index is 0.0871. The molecule has 0 atom stereocenters. The van der Waals surface area contributed by atoms with Crippen LogP contribution in [0, 0.1) is 6.92 Å². The molecule has 2 rings (SSSR count). The monoisotopic (exact) mass is 283 g/mol. The van der Waals surface area contributed by atoms with Crippen LogP contribution in [0.1, 0.15) is 28.4 Å². The van der Waals surface area contributed by atoms with E-state index in [1.54, 1.807) is 18.2 Å². The maximum atomic E-state index is 11.8. The lowest BCUT2D eigenvalue weighted by Gasteiger charge is -2.11. The van der Waals surface area contributed by atoms with Crippen molar-refractivity contribution in [2.75, 3.05) is 17.6 Å². The number of nitrogens with one attached hydrogen (secondary N) is 2. The smallest absolute Gasteiger partial charge is 0.251 e. The van der Waals surface area contributed by atoms with E-state index in [0.29, 0.717) is 24.3 Å². The number of benzene rings is 2. The Kier molecular flexibility index (Phi) is 4.82. The molecule has 0 radical (unpaired) electrons. The topological polar surface area (TPSA) is 67.2 Å². The third kappa shape index (κ3) is 3.99. The van der Waals surface area contributed by atoms with Crippen molar-refractivity contribution < 1.29 is 4.79 Å². The zero-order valence-corrected chi connectivity index (χ0v) is 12.4. The Balaban J connectivity index is 2.10. The molecule has 0 saturated heterocycles. The van der Waals surface area contributed by atoms with E-state index in [4.69, 9.17) is 5.73 Å². The Labute approximate surface area is 125 Å². The van der Waals surface area contributed by atoms with Gasteiger partial charge < -0.3 is 16.4 Å². The summed E-state index contributed by atoms with van der Waals surface area (Å²) in [5.41, 5.74) is 10.4. The van der Waals surface area contributed by atoms with Crippen LogP contribution in [-0.2, 0) is 6.54 Å². The van der Waals surface area contributed by atoms with Gasteiger partial charge in [-0.25, -0.2) is 0 Å². The average molecular weight is 283 g/mol. The van der Waals surface area contributed by atoms with Gasteiger partial charge in [-0.05, 0) is 37.6 Å². The minimum Gasteiger partial charge on any atom is -0.397 e. The lowest BCUT2D eigenvalue weighted by atomic mass is 10.1. The largest absolute Gasteiger partial charge is 0.397 e. The molecule has 4 nitrogen and oxygen atoms in total. The van der Waals surface area contributed by atoms with Gasteiger partial charge in [-0.2, -0.15) is 0 Å². The summed E-state index contributed by atoms with van der Waals surface area (Å²) in [6.45, 7) is 5.23. The average Bonchev–Trinajstić information content (AvgIpc) is 2.48. The summed E-state index contributed by atoms with van der Waals surface area (Å²) in [6.07, 6.45) is 0. The molecule has 4 N–H and O–H groups in total. The van der Waals surface area contributed by atoms with Crippen LogP contribution < -0.4 is 16.4 Å². The van der Waals surface area contributed by atoms with E-state index >= 15 is 0 Å². The number of aryl methyl sites for hydroxylation is 1. The number of nitrogen functional groups attached to an aromatic ring is 1. The van der Waals surface area contributed by atoms with Crippen LogP contribution in [-0.4, -0.2) is 12.5 Å². The summed E-state index contributed by atoms with van der Waals surface area (Å²) >= 11 is 0. The highest BCUT2D eigenvalue weighted by Gasteiger charge is 2.07. The number of carbonyl (C=O) groups excluding carboxylic acids is 1. The van der Waals surface area contributed by atoms with E-state index in [1.165, 1.54) is 11.1 Å². The molecule has 4 heteroatoms. The molecule has 0 saturated carbocycles. The molecule has 0 aliphatic carbocycles. The SMILES string of the molecule is CCNC(=O)c1ccc(N)c(NCc2ccc(C)cc2)c1. The standard InChI is InChI=1S/C17H21N3O/c1-3-19-17(21)14-8-9-15(18)16(10-14)20-11-13-6-4-12(2)5-7-13/h4-10,20H,3,11,18H2,1-2H3,(H,19,21). The zero-order valence-electron chi connectivity index (χ0n) is 12.4. The Bertz CT molecular complexity index is 620. The number of anilines is 2. The van der Waals surface area contributed by atoms with E-state index in [0.717, 1.165) is 5.69 Å². The lowest BCUT2D eigenvalue weighted by Crippen LogP contribution is -2.22. The lowest BCUT2D eigenvalue weighted by molar-refractivity contribution is 0.0956. The van der Waals surface area contributed by atoms with Gasteiger partial charge in [0.25, 0.3) is 5.91 Å². The fourth-order valence-electron chi connectivity index (χ4n) is 2.02. The highest BCUT2D eigenvalue weighted by atomic mass is 16.1. The second-order valence-electron chi connectivity index (χ2n) is 5.00. The van der Waals surface area contributed by atoms with Crippen LogP contribution in [0.3, 0.4) is 0 Å². The molecule has 0 fully saturated rings. The minimum atomic E-state index is -0.0871. The van der Waals surface area contributed by atoms with Gasteiger partial charge in [0, 0.05) is 18.7 Å². The number of amides is 1. The fourth-order valence-corrected chi connectivity index (χ4v) is 2.02. The van der Waals surface area contributed by atoms with Crippen LogP contribution in [0.15, 0.2) is 42.5 Å². The first-order valence-electron chi connectivity index (χ1n) is 7.07. The predicted octanol–water partition coefficient (Wildman–Crippen LogP) is 2.94. The van der Waals surface area contributed by atoms with Gasteiger partial charge in [0.2, 0.25) is 0 Å². The summed E-state index contributed by atoms with van der Waals surface area (Å²) in [5, 5.41) is 6.06. The van der Waals surface area contributed by atoms with E-state index in [1.807, 2.05) is 6.92 Å². The number of hydrogen-bond donors (Lipinski definition) is 3. The first-order valence-corrected chi connectivity index (χ1v) is 7.07. The van der Waals surface area contributed by atoms with Crippen molar-refractivity contribution in [3.63, 3.8) is 0 Å². The molecule has 2 aromatic rings. The number of carbonyl (C=O) groups is 1. The summed E-state index contributed by atoms with van der Waals surface area (Å²) in [4.78, 5) is 11.8. The number of nitrogens with two attached hydrogens (primary N) is 1. The van der Waals surface area contributed by atoms with Crippen LogP contribution in [0.4, 0.5) is 11.4 Å². The van der Waals surface area contributed by atoms with Gasteiger partial charge >= 0.3 is 0 Å². The Morgan fingerprint density at radius 1 is 1.14 bits per heavy atom. The summed E-state index contributed by atoms with van der Waals surface area (Å²) in [7, 11) is 0. The molecule has 0 spiro atoms. The van der Waals surface area contributed by atoms with Gasteiger partial charge in [0.1, 0.15) is 0 Å². The van der Waals surface area contributed by atoms with Crippen LogP contribution in [0.5, 0.6) is 0 Å². The van der Waals surface area contributed by atoms with Gasteiger partial charge in [0.15, 0.2) is 0 Å². The van der Waals surface area contributed by atoms with E-state index < -0.39 is 0 Å². The molecule has 0 aliphatic heterocycles. The quantitative estimate of drug-likeness (QED) is 0.739. The third-order valence-corrected chi connectivity index (χ3v) is 3.26.